The molecule has 1 N–H and O–H groups in total. The molecule has 3 aromatic rings. The number of rotatable bonds is 7. The Morgan fingerprint density at radius 1 is 0.828 bits per heavy atom. The lowest BCUT2D eigenvalue weighted by molar-refractivity contribution is -0.136. The van der Waals surface area contributed by atoms with Gasteiger partial charge in [0.1, 0.15) is 11.5 Å². The quantitative estimate of drug-likeness (QED) is 0.466. The van der Waals surface area contributed by atoms with Crippen molar-refractivity contribution in [3.05, 3.63) is 89.5 Å². The van der Waals surface area contributed by atoms with Crippen LogP contribution in [0, 0.1) is 6.92 Å². The lowest BCUT2D eigenvalue weighted by Crippen LogP contribution is -2.18. The topological polar surface area (TPSA) is 64.6 Å². The minimum atomic E-state index is -0.513. The minimum Gasteiger partial charge on any atom is -0.482 e. The Morgan fingerprint density at radius 2 is 1.45 bits per heavy atom. The van der Waals surface area contributed by atoms with Gasteiger partial charge in [-0.15, -0.1) is 0 Å². The van der Waals surface area contributed by atoms with Gasteiger partial charge in [-0.2, -0.15) is 0 Å². The molecule has 148 valence electrons. The highest BCUT2D eigenvalue weighted by Gasteiger charge is 2.09. The van der Waals surface area contributed by atoms with Crippen molar-refractivity contribution in [1.82, 2.24) is 0 Å². The maximum atomic E-state index is 12.3. The molecule has 3 rings (SSSR count). The van der Waals surface area contributed by atoms with Gasteiger partial charge in [0.15, 0.2) is 6.61 Å². The summed E-state index contributed by atoms with van der Waals surface area (Å²) in [6.45, 7) is 3.87. The van der Waals surface area contributed by atoms with E-state index < -0.39 is 5.97 Å². The monoisotopic (exact) mass is 389 g/mol. The van der Waals surface area contributed by atoms with Crippen molar-refractivity contribution in [3.63, 3.8) is 0 Å². The van der Waals surface area contributed by atoms with Crippen LogP contribution in [0.15, 0.2) is 72.8 Å². The summed E-state index contributed by atoms with van der Waals surface area (Å²) in [6, 6.07) is 21.5. The van der Waals surface area contributed by atoms with E-state index in [1.807, 2.05) is 55.5 Å². The molecule has 0 aromatic heterocycles. The van der Waals surface area contributed by atoms with E-state index in [4.69, 9.17) is 9.47 Å². The van der Waals surface area contributed by atoms with E-state index in [1.165, 1.54) is 5.56 Å². The SMILES string of the molecule is CCc1ccc(OCC(=O)Oc2ccc(C(=O)Nc3ccc(C)cc3)cc2)cc1. The van der Waals surface area contributed by atoms with Crippen LogP contribution >= 0.6 is 0 Å². The van der Waals surface area contributed by atoms with Crippen molar-refractivity contribution in [2.45, 2.75) is 20.3 Å². The van der Waals surface area contributed by atoms with E-state index in [9.17, 15) is 9.59 Å². The summed E-state index contributed by atoms with van der Waals surface area (Å²) in [5.41, 5.74) is 3.51. The number of ether oxygens (including phenoxy) is 2. The van der Waals surface area contributed by atoms with E-state index in [1.54, 1.807) is 24.3 Å². The fourth-order valence-electron chi connectivity index (χ4n) is 2.64. The molecule has 0 aliphatic heterocycles. The van der Waals surface area contributed by atoms with Crippen LogP contribution in [0.5, 0.6) is 11.5 Å². The number of benzene rings is 3. The van der Waals surface area contributed by atoms with Crippen molar-refractivity contribution < 1.29 is 19.1 Å². The van der Waals surface area contributed by atoms with Gasteiger partial charge in [-0.05, 0) is 67.4 Å². The number of carbonyl (C=O) groups excluding carboxylic acids is 2. The second-order valence-corrected chi connectivity index (χ2v) is 6.60. The van der Waals surface area contributed by atoms with E-state index in [0.717, 1.165) is 17.7 Å². The molecule has 0 bridgehead atoms. The molecule has 0 aliphatic rings. The lowest BCUT2D eigenvalue weighted by Gasteiger charge is -2.08. The standard InChI is InChI=1S/C24H23NO4/c1-3-18-6-12-21(13-7-18)28-16-23(26)29-22-14-8-19(9-15-22)24(27)25-20-10-4-17(2)5-11-20/h4-15H,3,16H2,1-2H3,(H,25,27). The molecule has 0 heterocycles. The third-order valence-corrected chi connectivity index (χ3v) is 4.35. The van der Waals surface area contributed by atoms with E-state index in [-0.39, 0.29) is 12.5 Å². The number of amides is 1. The van der Waals surface area contributed by atoms with Crippen LogP contribution in [0.4, 0.5) is 5.69 Å². The number of nitrogens with one attached hydrogen (secondary N) is 1. The highest BCUT2D eigenvalue weighted by molar-refractivity contribution is 6.04. The zero-order valence-corrected chi connectivity index (χ0v) is 16.5. The number of esters is 1. The average molecular weight is 389 g/mol. The Balaban J connectivity index is 1.50. The molecule has 0 saturated carbocycles. The predicted molar refractivity (Wildman–Crippen MR) is 113 cm³/mol. The van der Waals surface area contributed by atoms with Gasteiger partial charge < -0.3 is 14.8 Å². The van der Waals surface area contributed by atoms with Gasteiger partial charge in [-0.25, -0.2) is 4.79 Å². The Morgan fingerprint density at radius 3 is 2.07 bits per heavy atom. The van der Waals surface area contributed by atoms with Gasteiger partial charge in [-0.3, -0.25) is 4.79 Å². The second-order valence-electron chi connectivity index (χ2n) is 6.60. The minimum absolute atomic E-state index is 0.193. The molecule has 0 unspecified atom stereocenters. The van der Waals surface area contributed by atoms with Crippen molar-refractivity contribution in [2.24, 2.45) is 0 Å². The maximum absolute atomic E-state index is 12.3. The second kappa shape index (κ2) is 9.55. The molecule has 0 fully saturated rings. The summed E-state index contributed by atoms with van der Waals surface area (Å²) in [7, 11) is 0. The number of carbonyl (C=O) groups is 2. The smallest absolute Gasteiger partial charge is 0.349 e. The summed E-state index contributed by atoms with van der Waals surface area (Å²) in [5, 5.41) is 2.83. The van der Waals surface area contributed by atoms with E-state index >= 15 is 0 Å². The lowest BCUT2D eigenvalue weighted by atomic mass is 10.2. The molecule has 5 heteroatoms. The molecule has 5 nitrogen and oxygen atoms in total. The van der Waals surface area contributed by atoms with Crippen molar-refractivity contribution in [1.29, 1.82) is 0 Å². The number of hydrogen-bond donors (Lipinski definition) is 1. The molecule has 0 atom stereocenters. The molecular formula is C24H23NO4. The Kier molecular flexibility index (Phi) is 6.63. The maximum Gasteiger partial charge on any atom is 0.349 e. The van der Waals surface area contributed by atoms with Crippen LogP contribution in [0.3, 0.4) is 0 Å². The zero-order chi connectivity index (χ0) is 20.6. The zero-order valence-electron chi connectivity index (χ0n) is 16.5. The van der Waals surface area contributed by atoms with Crippen LogP contribution in [0.25, 0.3) is 0 Å². The van der Waals surface area contributed by atoms with Crippen LogP contribution in [-0.4, -0.2) is 18.5 Å². The molecule has 1 amide bonds. The van der Waals surface area contributed by atoms with Gasteiger partial charge in [0.25, 0.3) is 5.91 Å². The van der Waals surface area contributed by atoms with Gasteiger partial charge in [0.05, 0.1) is 0 Å². The largest absolute Gasteiger partial charge is 0.482 e. The third kappa shape index (κ3) is 5.94. The normalized spacial score (nSPS) is 10.3. The number of hydrogen-bond acceptors (Lipinski definition) is 4. The van der Waals surface area contributed by atoms with E-state index in [2.05, 4.69) is 12.2 Å². The summed E-state index contributed by atoms with van der Waals surface area (Å²) >= 11 is 0. The Labute approximate surface area is 170 Å². The summed E-state index contributed by atoms with van der Waals surface area (Å²) in [4.78, 5) is 24.3. The molecule has 0 aliphatic carbocycles. The van der Waals surface area contributed by atoms with Gasteiger partial charge in [-0.1, -0.05) is 36.8 Å². The highest BCUT2D eigenvalue weighted by atomic mass is 16.6. The van der Waals surface area contributed by atoms with E-state index in [0.29, 0.717) is 17.1 Å². The van der Waals surface area contributed by atoms with Gasteiger partial charge in [0.2, 0.25) is 0 Å². The van der Waals surface area contributed by atoms with Crippen LogP contribution in [-0.2, 0) is 11.2 Å². The fourth-order valence-corrected chi connectivity index (χ4v) is 2.64. The summed E-state index contributed by atoms with van der Waals surface area (Å²) in [6.07, 6.45) is 0.946. The molecule has 0 radical (unpaired) electrons. The van der Waals surface area contributed by atoms with Crippen molar-refractivity contribution in [2.75, 3.05) is 11.9 Å². The molecule has 3 aromatic carbocycles. The van der Waals surface area contributed by atoms with Crippen LogP contribution < -0.4 is 14.8 Å². The van der Waals surface area contributed by atoms with Gasteiger partial charge >= 0.3 is 5.97 Å². The predicted octanol–water partition coefficient (Wildman–Crippen LogP) is 4.79. The van der Waals surface area contributed by atoms with Gasteiger partial charge in [0, 0.05) is 11.3 Å². The highest BCUT2D eigenvalue weighted by Crippen LogP contribution is 2.16. The molecule has 0 spiro atoms. The first-order valence-electron chi connectivity index (χ1n) is 9.44. The van der Waals surface area contributed by atoms with Crippen LogP contribution in [0.1, 0.15) is 28.4 Å². The van der Waals surface area contributed by atoms with Crippen molar-refractivity contribution >= 4 is 17.6 Å². The number of aryl methyl sites for hydroxylation is 2. The van der Waals surface area contributed by atoms with Crippen LogP contribution in [0.2, 0.25) is 0 Å². The first-order chi connectivity index (χ1) is 14.0. The average Bonchev–Trinajstić information content (AvgIpc) is 2.75. The molecular weight excluding hydrogens is 366 g/mol. The molecule has 29 heavy (non-hydrogen) atoms. The first-order valence-corrected chi connectivity index (χ1v) is 9.44. The molecule has 0 saturated heterocycles. The number of anilines is 1. The van der Waals surface area contributed by atoms with Crippen molar-refractivity contribution in [3.8, 4) is 11.5 Å². The Hall–Kier alpha value is -3.60. The summed E-state index contributed by atoms with van der Waals surface area (Å²) < 4.78 is 10.7. The first kappa shape index (κ1) is 20.1. The fraction of sp³-hybridized carbons (Fsp3) is 0.167. The summed E-state index contributed by atoms with van der Waals surface area (Å²) in [5.74, 6) is 0.223. The Bertz CT molecular complexity index is 961. The third-order valence-electron chi connectivity index (χ3n) is 4.35.